The maximum atomic E-state index is 11.9. The van der Waals surface area contributed by atoms with Crippen LogP contribution < -0.4 is 4.74 Å². The first kappa shape index (κ1) is 26.2. The average Bonchev–Trinajstić information content (AvgIpc) is 2.75. The zero-order chi connectivity index (χ0) is 21.9. The number of benzene rings is 1. The molecule has 0 aromatic heterocycles. The fourth-order valence-electron chi connectivity index (χ4n) is 3.40. The van der Waals surface area contributed by atoms with Crippen molar-refractivity contribution in [2.45, 2.75) is 110 Å². The van der Waals surface area contributed by atoms with Gasteiger partial charge in [-0.15, -0.1) is 0 Å². The minimum atomic E-state index is -0.156. The Balaban J connectivity index is 1.90. The van der Waals surface area contributed by atoms with E-state index >= 15 is 0 Å². The Bertz CT molecular complexity index is 582. The third kappa shape index (κ3) is 14.2. The van der Waals surface area contributed by atoms with Crippen molar-refractivity contribution in [2.24, 2.45) is 0 Å². The van der Waals surface area contributed by atoms with E-state index in [1.165, 1.54) is 31.2 Å². The third-order valence-corrected chi connectivity index (χ3v) is 5.31. The molecule has 0 aliphatic heterocycles. The standard InChI is InChI=1S/C26H42O4/c1-3-5-6-7-12-15-21-29-25(27)19-13-10-8-9-11-14-20-26(28)30-24-18-16-17-23(4-2)22-24/h16-18,22H,3-15,19-21H2,1-2H3. The predicted octanol–water partition coefficient (Wildman–Crippen LogP) is 7.18. The van der Waals surface area contributed by atoms with Crippen LogP contribution in [0.1, 0.15) is 109 Å². The van der Waals surface area contributed by atoms with E-state index in [1.54, 1.807) is 0 Å². The zero-order valence-corrected chi connectivity index (χ0v) is 19.3. The summed E-state index contributed by atoms with van der Waals surface area (Å²) in [5.74, 6) is 0.428. The Labute approximate surface area is 183 Å². The fourth-order valence-corrected chi connectivity index (χ4v) is 3.40. The van der Waals surface area contributed by atoms with Gasteiger partial charge in [-0.1, -0.05) is 83.8 Å². The molecule has 1 rings (SSSR count). The van der Waals surface area contributed by atoms with Crippen LogP contribution in [-0.4, -0.2) is 18.5 Å². The summed E-state index contributed by atoms with van der Waals surface area (Å²) in [5.41, 5.74) is 1.17. The minimum absolute atomic E-state index is 0.0570. The van der Waals surface area contributed by atoms with Crippen LogP contribution in [0.4, 0.5) is 0 Å². The van der Waals surface area contributed by atoms with Crippen molar-refractivity contribution in [1.29, 1.82) is 0 Å². The van der Waals surface area contributed by atoms with Gasteiger partial charge < -0.3 is 9.47 Å². The lowest BCUT2D eigenvalue weighted by Gasteiger charge is -2.06. The number of carbonyl (C=O) groups is 2. The number of esters is 2. The van der Waals surface area contributed by atoms with Gasteiger partial charge in [-0.05, 0) is 43.4 Å². The van der Waals surface area contributed by atoms with Crippen molar-refractivity contribution < 1.29 is 19.1 Å². The summed E-state index contributed by atoms with van der Waals surface area (Å²) in [6, 6.07) is 7.71. The molecule has 4 nitrogen and oxygen atoms in total. The molecule has 0 fully saturated rings. The average molecular weight is 419 g/mol. The van der Waals surface area contributed by atoms with Crippen LogP contribution in [0, 0.1) is 0 Å². The summed E-state index contributed by atoms with van der Waals surface area (Å²) in [4.78, 5) is 23.6. The third-order valence-electron chi connectivity index (χ3n) is 5.31. The molecule has 0 atom stereocenters. The molecular formula is C26H42O4. The number of unbranched alkanes of at least 4 members (excludes halogenated alkanes) is 10. The van der Waals surface area contributed by atoms with E-state index in [1.807, 2.05) is 24.3 Å². The topological polar surface area (TPSA) is 52.6 Å². The first-order chi connectivity index (χ1) is 14.7. The Morgan fingerprint density at radius 2 is 1.33 bits per heavy atom. The van der Waals surface area contributed by atoms with Gasteiger partial charge in [0.25, 0.3) is 0 Å². The Morgan fingerprint density at radius 1 is 0.733 bits per heavy atom. The molecule has 0 saturated carbocycles. The molecule has 170 valence electrons. The van der Waals surface area contributed by atoms with Gasteiger partial charge in [-0.3, -0.25) is 9.59 Å². The second-order valence-electron chi connectivity index (χ2n) is 8.08. The molecule has 0 N–H and O–H groups in total. The normalized spacial score (nSPS) is 10.7. The Hall–Kier alpha value is -1.84. The van der Waals surface area contributed by atoms with Crippen LogP contribution >= 0.6 is 0 Å². The van der Waals surface area contributed by atoms with Crippen molar-refractivity contribution in [3.63, 3.8) is 0 Å². The van der Waals surface area contributed by atoms with Crippen LogP contribution in [0.15, 0.2) is 24.3 Å². The lowest BCUT2D eigenvalue weighted by molar-refractivity contribution is -0.144. The van der Waals surface area contributed by atoms with Gasteiger partial charge in [-0.25, -0.2) is 0 Å². The number of hydrogen-bond donors (Lipinski definition) is 0. The fraction of sp³-hybridized carbons (Fsp3) is 0.692. The van der Waals surface area contributed by atoms with Crippen LogP contribution in [0.2, 0.25) is 0 Å². The van der Waals surface area contributed by atoms with Crippen LogP contribution in [-0.2, 0) is 20.7 Å². The molecule has 0 spiro atoms. The molecule has 0 aliphatic rings. The highest BCUT2D eigenvalue weighted by Gasteiger charge is 2.06. The number of ether oxygens (including phenoxy) is 2. The molecule has 0 amide bonds. The van der Waals surface area contributed by atoms with Crippen LogP contribution in [0.5, 0.6) is 5.75 Å². The molecule has 0 bridgehead atoms. The first-order valence-corrected chi connectivity index (χ1v) is 12.1. The molecule has 1 aromatic carbocycles. The quantitative estimate of drug-likeness (QED) is 0.144. The molecule has 0 heterocycles. The molecule has 0 aliphatic carbocycles. The van der Waals surface area contributed by atoms with Gasteiger partial charge in [0.15, 0.2) is 0 Å². The smallest absolute Gasteiger partial charge is 0.311 e. The van der Waals surface area contributed by atoms with E-state index in [9.17, 15) is 9.59 Å². The van der Waals surface area contributed by atoms with Crippen molar-refractivity contribution >= 4 is 11.9 Å². The molecule has 30 heavy (non-hydrogen) atoms. The van der Waals surface area contributed by atoms with E-state index in [-0.39, 0.29) is 11.9 Å². The molecule has 0 saturated heterocycles. The molecule has 1 aromatic rings. The number of carbonyl (C=O) groups excluding carboxylic acids is 2. The highest BCUT2D eigenvalue weighted by atomic mass is 16.5. The van der Waals surface area contributed by atoms with Crippen molar-refractivity contribution in [1.82, 2.24) is 0 Å². The molecule has 0 radical (unpaired) electrons. The molecular weight excluding hydrogens is 376 g/mol. The van der Waals surface area contributed by atoms with E-state index in [0.29, 0.717) is 25.2 Å². The predicted molar refractivity (Wildman–Crippen MR) is 123 cm³/mol. The summed E-state index contributed by atoms with van der Waals surface area (Å²) in [6.45, 7) is 4.87. The van der Waals surface area contributed by atoms with Crippen molar-refractivity contribution in [3.8, 4) is 5.75 Å². The van der Waals surface area contributed by atoms with Gasteiger partial charge in [0.2, 0.25) is 0 Å². The largest absolute Gasteiger partial charge is 0.466 e. The van der Waals surface area contributed by atoms with Gasteiger partial charge in [0.05, 0.1) is 6.61 Å². The minimum Gasteiger partial charge on any atom is -0.466 e. The number of hydrogen-bond acceptors (Lipinski definition) is 4. The summed E-state index contributed by atoms with van der Waals surface area (Å²) < 4.78 is 10.7. The summed E-state index contributed by atoms with van der Waals surface area (Å²) in [7, 11) is 0. The monoisotopic (exact) mass is 418 g/mol. The second-order valence-corrected chi connectivity index (χ2v) is 8.08. The van der Waals surface area contributed by atoms with E-state index in [2.05, 4.69) is 13.8 Å². The van der Waals surface area contributed by atoms with Gasteiger partial charge in [0, 0.05) is 12.8 Å². The maximum absolute atomic E-state index is 11.9. The van der Waals surface area contributed by atoms with Crippen LogP contribution in [0.3, 0.4) is 0 Å². The lowest BCUT2D eigenvalue weighted by Crippen LogP contribution is -2.07. The Morgan fingerprint density at radius 3 is 2.00 bits per heavy atom. The summed E-state index contributed by atoms with van der Waals surface area (Å²) in [5, 5.41) is 0. The zero-order valence-electron chi connectivity index (χ0n) is 19.3. The van der Waals surface area contributed by atoms with Gasteiger partial charge in [0.1, 0.15) is 5.75 Å². The second kappa shape index (κ2) is 18.0. The summed E-state index contributed by atoms with van der Waals surface area (Å²) in [6.07, 6.45) is 15.2. The molecule has 0 unspecified atom stereocenters. The van der Waals surface area contributed by atoms with Crippen LogP contribution in [0.25, 0.3) is 0 Å². The van der Waals surface area contributed by atoms with Gasteiger partial charge in [-0.2, -0.15) is 0 Å². The van der Waals surface area contributed by atoms with Gasteiger partial charge >= 0.3 is 11.9 Å². The SMILES string of the molecule is CCCCCCCCOC(=O)CCCCCCCCC(=O)Oc1cccc(CC)c1. The van der Waals surface area contributed by atoms with Crippen molar-refractivity contribution in [2.75, 3.05) is 6.61 Å². The number of rotatable bonds is 18. The first-order valence-electron chi connectivity index (χ1n) is 12.1. The van der Waals surface area contributed by atoms with E-state index in [0.717, 1.165) is 57.8 Å². The van der Waals surface area contributed by atoms with Crippen molar-refractivity contribution in [3.05, 3.63) is 29.8 Å². The van der Waals surface area contributed by atoms with E-state index in [4.69, 9.17) is 9.47 Å². The van der Waals surface area contributed by atoms with E-state index < -0.39 is 0 Å². The summed E-state index contributed by atoms with van der Waals surface area (Å²) >= 11 is 0. The lowest BCUT2D eigenvalue weighted by atomic mass is 10.1. The Kier molecular flexibility index (Phi) is 15.7. The number of aryl methyl sites for hydroxylation is 1. The maximum Gasteiger partial charge on any atom is 0.311 e. The highest BCUT2D eigenvalue weighted by Crippen LogP contribution is 2.15. The highest BCUT2D eigenvalue weighted by molar-refractivity contribution is 5.72. The molecule has 4 heteroatoms.